The zero-order chi connectivity index (χ0) is 20.6. The van der Waals surface area contributed by atoms with Crippen molar-refractivity contribution >= 4 is 35.3 Å². The lowest BCUT2D eigenvalue weighted by Gasteiger charge is -2.09. The maximum atomic E-state index is 12.1. The van der Waals surface area contributed by atoms with Crippen LogP contribution in [-0.4, -0.2) is 26.6 Å². The van der Waals surface area contributed by atoms with E-state index < -0.39 is 0 Å². The van der Waals surface area contributed by atoms with Gasteiger partial charge in [0.2, 0.25) is 17.8 Å². The third-order valence-corrected chi connectivity index (χ3v) is 5.09. The molecule has 29 heavy (non-hydrogen) atoms. The van der Waals surface area contributed by atoms with E-state index in [-0.39, 0.29) is 11.9 Å². The molecule has 0 aliphatic carbocycles. The first-order valence-electron chi connectivity index (χ1n) is 9.22. The molecule has 0 atom stereocenters. The summed E-state index contributed by atoms with van der Waals surface area (Å²) in [6.45, 7) is 4.55. The third-order valence-electron chi connectivity index (χ3n) is 4.17. The first-order valence-corrected chi connectivity index (χ1v) is 10.4. The van der Waals surface area contributed by atoms with Gasteiger partial charge in [-0.15, -0.1) is 11.8 Å². The van der Waals surface area contributed by atoms with Crippen LogP contribution in [0.4, 0.5) is 17.6 Å². The van der Waals surface area contributed by atoms with Crippen LogP contribution < -0.4 is 16.4 Å². The summed E-state index contributed by atoms with van der Waals surface area (Å²) in [5.41, 5.74) is 10.1. The summed E-state index contributed by atoms with van der Waals surface area (Å²) < 4.78 is 0. The molecule has 0 fully saturated rings. The molecule has 1 aromatic heterocycles. The smallest absolute Gasteiger partial charge is 0.232 e. The van der Waals surface area contributed by atoms with Gasteiger partial charge in [0.15, 0.2) is 0 Å². The van der Waals surface area contributed by atoms with Crippen molar-refractivity contribution < 1.29 is 4.79 Å². The van der Waals surface area contributed by atoms with Gasteiger partial charge in [0.25, 0.3) is 0 Å². The normalized spacial score (nSPS) is 10.6. The molecule has 8 heteroatoms. The Balaban J connectivity index is 1.50. The lowest BCUT2D eigenvalue weighted by molar-refractivity contribution is -0.118. The van der Waals surface area contributed by atoms with Gasteiger partial charge in [-0.05, 0) is 31.0 Å². The molecule has 0 aliphatic heterocycles. The number of hydrogen-bond donors (Lipinski definition) is 3. The minimum Gasteiger partial charge on any atom is -0.368 e. The van der Waals surface area contributed by atoms with Gasteiger partial charge in [0.1, 0.15) is 5.82 Å². The molecule has 150 valence electrons. The fourth-order valence-corrected chi connectivity index (χ4v) is 3.29. The Hall–Kier alpha value is -3.13. The van der Waals surface area contributed by atoms with Crippen LogP contribution in [0.25, 0.3) is 0 Å². The topological polar surface area (TPSA) is 106 Å². The molecular formula is C21H24N6OS. The first-order chi connectivity index (χ1) is 14.0. The van der Waals surface area contributed by atoms with Crippen molar-refractivity contribution in [3.8, 4) is 0 Å². The number of carbonyl (C=O) groups excluding carboxylic acids is 1. The maximum Gasteiger partial charge on any atom is 0.232 e. The number of nitrogens with one attached hydrogen (secondary N) is 2. The number of anilines is 3. The Morgan fingerprint density at radius 1 is 1.03 bits per heavy atom. The number of benzene rings is 2. The van der Waals surface area contributed by atoms with Gasteiger partial charge in [-0.1, -0.05) is 48.0 Å². The predicted octanol–water partition coefficient (Wildman–Crippen LogP) is 3.36. The Morgan fingerprint density at radius 2 is 1.79 bits per heavy atom. The molecule has 3 rings (SSSR count). The molecule has 0 saturated carbocycles. The van der Waals surface area contributed by atoms with Crippen LogP contribution in [0.1, 0.15) is 22.5 Å². The van der Waals surface area contributed by atoms with Crippen molar-refractivity contribution in [2.24, 2.45) is 0 Å². The molecule has 0 saturated heterocycles. The van der Waals surface area contributed by atoms with Gasteiger partial charge >= 0.3 is 0 Å². The second-order valence-electron chi connectivity index (χ2n) is 6.63. The van der Waals surface area contributed by atoms with Crippen LogP contribution in [0.5, 0.6) is 0 Å². The van der Waals surface area contributed by atoms with Crippen LogP contribution in [0, 0.1) is 13.8 Å². The van der Waals surface area contributed by atoms with E-state index in [4.69, 9.17) is 5.73 Å². The van der Waals surface area contributed by atoms with E-state index in [1.165, 1.54) is 17.3 Å². The number of aryl methyl sites for hydroxylation is 2. The molecule has 0 bridgehead atoms. The fourth-order valence-electron chi connectivity index (χ4n) is 2.58. The molecule has 2 aromatic carbocycles. The van der Waals surface area contributed by atoms with Crippen molar-refractivity contribution in [1.82, 2.24) is 20.3 Å². The molecule has 0 radical (unpaired) electrons. The summed E-state index contributed by atoms with van der Waals surface area (Å²) in [6, 6.07) is 15.9. The molecule has 1 amide bonds. The standard InChI is InChI=1S/C21H24N6OS/c1-14-7-9-16(10-8-14)11-23-19(28)13-29-12-18-25-20(22)27-21(26-18)24-17-6-4-3-5-15(17)2/h3-10H,11-13H2,1-2H3,(H,23,28)(H3,22,24,25,26,27). The highest BCUT2D eigenvalue weighted by Gasteiger charge is 2.08. The highest BCUT2D eigenvalue weighted by atomic mass is 32.2. The monoisotopic (exact) mass is 408 g/mol. The second kappa shape index (κ2) is 9.88. The SMILES string of the molecule is Cc1ccc(CNC(=O)CSCc2nc(N)nc(Nc3ccccc3C)n2)cc1. The lowest BCUT2D eigenvalue weighted by Crippen LogP contribution is -2.24. The summed E-state index contributed by atoms with van der Waals surface area (Å²) in [7, 11) is 0. The van der Waals surface area contributed by atoms with Crippen LogP contribution in [0.2, 0.25) is 0 Å². The van der Waals surface area contributed by atoms with E-state index >= 15 is 0 Å². The predicted molar refractivity (Wildman–Crippen MR) is 118 cm³/mol. The average Bonchev–Trinajstić information content (AvgIpc) is 2.69. The van der Waals surface area contributed by atoms with E-state index in [1.54, 1.807) is 0 Å². The summed E-state index contributed by atoms with van der Waals surface area (Å²) in [5.74, 6) is 1.83. The molecule has 1 heterocycles. The number of hydrogen-bond acceptors (Lipinski definition) is 7. The van der Waals surface area contributed by atoms with Crippen LogP contribution >= 0.6 is 11.8 Å². The molecule has 0 unspecified atom stereocenters. The number of nitrogens with two attached hydrogens (primary N) is 1. The Bertz CT molecular complexity index is 977. The number of nitrogen functional groups attached to an aromatic ring is 1. The van der Waals surface area contributed by atoms with Crippen molar-refractivity contribution in [2.75, 3.05) is 16.8 Å². The van der Waals surface area contributed by atoms with Gasteiger partial charge in [-0.2, -0.15) is 15.0 Å². The molecule has 4 N–H and O–H groups in total. The highest BCUT2D eigenvalue weighted by Crippen LogP contribution is 2.18. The molecule has 0 aliphatic rings. The quantitative estimate of drug-likeness (QED) is 0.525. The van der Waals surface area contributed by atoms with Crippen molar-refractivity contribution in [2.45, 2.75) is 26.1 Å². The van der Waals surface area contributed by atoms with Gasteiger partial charge in [-0.25, -0.2) is 0 Å². The summed E-state index contributed by atoms with van der Waals surface area (Å²) in [5, 5.41) is 6.08. The maximum absolute atomic E-state index is 12.1. The van der Waals surface area contributed by atoms with E-state index in [1.807, 2.05) is 62.4 Å². The van der Waals surface area contributed by atoms with Crippen LogP contribution in [0.15, 0.2) is 48.5 Å². The molecule has 3 aromatic rings. The largest absolute Gasteiger partial charge is 0.368 e. The molecular weight excluding hydrogens is 384 g/mol. The Kier molecular flexibility index (Phi) is 7.02. The van der Waals surface area contributed by atoms with E-state index in [9.17, 15) is 4.79 Å². The number of amides is 1. The summed E-state index contributed by atoms with van der Waals surface area (Å²) >= 11 is 1.43. The summed E-state index contributed by atoms with van der Waals surface area (Å²) in [4.78, 5) is 24.8. The van der Waals surface area contributed by atoms with Crippen molar-refractivity contribution in [3.05, 3.63) is 71.0 Å². The number of carbonyl (C=O) groups is 1. The number of thioether (sulfide) groups is 1. The first kappa shape index (κ1) is 20.6. The summed E-state index contributed by atoms with van der Waals surface area (Å²) in [6.07, 6.45) is 0. The number of nitrogens with zero attached hydrogens (tertiary/aromatic N) is 3. The minimum absolute atomic E-state index is 0.0316. The zero-order valence-electron chi connectivity index (χ0n) is 16.5. The van der Waals surface area contributed by atoms with Crippen molar-refractivity contribution in [1.29, 1.82) is 0 Å². The number of rotatable bonds is 8. The highest BCUT2D eigenvalue weighted by molar-refractivity contribution is 7.99. The lowest BCUT2D eigenvalue weighted by atomic mass is 10.1. The third kappa shape index (κ3) is 6.46. The van der Waals surface area contributed by atoms with Gasteiger partial charge < -0.3 is 16.4 Å². The van der Waals surface area contributed by atoms with E-state index in [0.29, 0.717) is 29.8 Å². The van der Waals surface area contributed by atoms with Crippen LogP contribution in [0.3, 0.4) is 0 Å². The Labute approximate surface area is 174 Å². The molecule has 0 spiro atoms. The zero-order valence-corrected chi connectivity index (χ0v) is 17.3. The number of aromatic nitrogens is 3. The minimum atomic E-state index is -0.0316. The average molecular weight is 409 g/mol. The second-order valence-corrected chi connectivity index (χ2v) is 7.61. The van der Waals surface area contributed by atoms with Crippen LogP contribution in [-0.2, 0) is 17.1 Å². The number of para-hydroxylation sites is 1. The van der Waals surface area contributed by atoms with Gasteiger partial charge in [0, 0.05) is 12.2 Å². The van der Waals surface area contributed by atoms with Crippen molar-refractivity contribution in [3.63, 3.8) is 0 Å². The molecule has 7 nitrogen and oxygen atoms in total. The van der Waals surface area contributed by atoms with E-state index in [0.717, 1.165) is 16.8 Å². The van der Waals surface area contributed by atoms with E-state index in [2.05, 4.69) is 25.6 Å². The van der Waals surface area contributed by atoms with Gasteiger partial charge in [-0.3, -0.25) is 4.79 Å². The fraction of sp³-hybridized carbons (Fsp3) is 0.238. The van der Waals surface area contributed by atoms with Gasteiger partial charge in [0.05, 0.1) is 11.5 Å². The Morgan fingerprint density at radius 3 is 2.55 bits per heavy atom.